The quantitative estimate of drug-likeness (QED) is 0.636. The van der Waals surface area contributed by atoms with Crippen LogP contribution in [0.25, 0.3) is 6.08 Å². The third-order valence-corrected chi connectivity index (χ3v) is 2.91. The van der Waals surface area contributed by atoms with Gasteiger partial charge in [0.2, 0.25) is 5.91 Å². The van der Waals surface area contributed by atoms with Crippen LogP contribution in [0.1, 0.15) is 18.1 Å². The predicted molar refractivity (Wildman–Crippen MR) is 87.6 cm³/mol. The highest BCUT2D eigenvalue weighted by Crippen LogP contribution is 2.05. The van der Waals surface area contributed by atoms with Crippen molar-refractivity contribution in [1.82, 2.24) is 10.8 Å². The molecule has 2 aromatic carbocycles. The van der Waals surface area contributed by atoms with Gasteiger partial charge in [-0.05, 0) is 17.2 Å². The number of hydroxylamine groups is 1. The Bertz CT molecular complexity index is 682. The third kappa shape index (κ3) is 5.76. The molecule has 2 rings (SSSR count). The Kier molecular flexibility index (Phi) is 6.08. The highest BCUT2D eigenvalue weighted by Gasteiger charge is 2.11. The molecule has 0 saturated heterocycles. The Labute approximate surface area is 134 Å². The van der Waals surface area contributed by atoms with Crippen molar-refractivity contribution < 1.29 is 14.4 Å². The van der Waals surface area contributed by atoms with Crippen molar-refractivity contribution in [3.63, 3.8) is 0 Å². The van der Waals surface area contributed by atoms with Crippen molar-refractivity contribution in [2.75, 3.05) is 0 Å². The fourth-order valence-electron chi connectivity index (χ4n) is 1.88. The molecule has 2 N–H and O–H groups in total. The molecule has 0 bridgehead atoms. The molecule has 0 aliphatic carbocycles. The first-order valence-corrected chi connectivity index (χ1v) is 7.15. The van der Waals surface area contributed by atoms with E-state index in [1.54, 1.807) is 6.08 Å². The molecule has 0 atom stereocenters. The van der Waals surface area contributed by atoms with E-state index in [0.29, 0.717) is 0 Å². The molecule has 118 valence electrons. The zero-order valence-corrected chi connectivity index (χ0v) is 12.8. The van der Waals surface area contributed by atoms with Crippen LogP contribution in [0, 0.1) is 0 Å². The Morgan fingerprint density at radius 3 is 2.22 bits per heavy atom. The van der Waals surface area contributed by atoms with Crippen molar-refractivity contribution in [2.24, 2.45) is 0 Å². The summed E-state index contributed by atoms with van der Waals surface area (Å²) in [4.78, 5) is 28.6. The maximum atomic E-state index is 12.2. The standard InChI is InChI=1S/C18H18N2O3/c1-14(21)19-17(12-15-8-4-2-5-9-15)18(22)20-23-13-16-10-6-3-7-11-16/h2-12H,13H2,1H3,(H,19,21)(H,20,22)/b17-12-. The molecule has 0 aliphatic heterocycles. The van der Waals surface area contributed by atoms with E-state index in [4.69, 9.17) is 4.84 Å². The van der Waals surface area contributed by atoms with Gasteiger partial charge in [-0.25, -0.2) is 5.48 Å². The smallest absolute Gasteiger partial charge is 0.291 e. The summed E-state index contributed by atoms with van der Waals surface area (Å²) in [7, 11) is 0. The number of benzene rings is 2. The molecule has 2 amide bonds. The zero-order chi connectivity index (χ0) is 16.5. The van der Waals surface area contributed by atoms with Gasteiger partial charge in [0.15, 0.2) is 0 Å². The molecule has 5 nitrogen and oxygen atoms in total. The van der Waals surface area contributed by atoms with E-state index in [1.165, 1.54) is 6.92 Å². The fourth-order valence-corrected chi connectivity index (χ4v) is 1.88. The highest BCUT2D eigenvalue weighted by atomic mass is 16.6. The summed E-state index contributed by atoms with van der Waals surface area (Å²) >= 11 is 0. The summed E-state index contributed by atoms with van der Waals surface area (Å²) in [6, 6.07) is 18.7. The Morgan fingerprint density at radius 2 is 1.61 bits per heavy atom. The van der Waals surface area contributed by atoms with E-state index in [9.17, 15) is 9.59 Å². The molecule has 23 heavy (non-hydrogen) atoms. The van der Waals surface area contributed by atoms with Crippen molar-refractivity contribution in [1.29, 1.82) is 0 Å². The SMILES string of the molecule is CC(=O)N/C(=C\c1ccccc1)C(=O)NOCc1ccccc1. The lowest BCUT2D eigenvalue weighted by molar-refractivity contribution is -0.132. The van der Waals surface area contributed by atoms with E-state index < -0.39 is 5.91 Å². The maximum Gasteiger partial charge on any atom is 0.291 e. The second kappa shape index (κ2) is 8.51. The molecule has 0 radical (unpaired) electrons. The van der Waals surface area contributed by atoms with Crippen LogP contribution in [0.3, 0.4) is 0 Å². The average Bonchev–Trinajstić information content (AvgIpc) is 2.56. The number of hydrogen-bond acceptors (Lipinski definition) is 3. The Balaban J connectivity index is 1.99. The lowest BCUT2D eigenvalue weighted by atomic mass is 10.2. The molecule has 0 aliphatic rings. The van der Waals surface area contributed by atoms with E-state index in [-0.39, 0.29) is 18.2 Å². The minimum Gasteiger partial charge on any atom is -0.322 e. The first kappa shape index (κ1) is 16.5. The van der Waals surface area contributed by atoms with E-state index >= 15 is 0 Å². The number of carbonyl (C=O) groups is 2. The highest BCUT2D eigenvalue weighted by molar-refractivity contribution is 6.00. The van der Waals surface area contributed by atoms with Gasteiger partial charge in [-0.15, -0.1) is 0 Å². The fraction of sp³-hybridized carbons (Fsp3) is 0.111. The molecule has 0 spiro atoms. The first-order chi connectivity index (χ1) is 11.1. The molecule has 2 aromatic rings. The van der Waals surface area contributed by atoms with E-state index in [1.807, 2.05) is 60.7 Å². The van der Waals surface area contributed by atoms with Crippen LogP contribution in [0.5, 0.6) is 0 Å². The van der Waals surface area contributed by atoms with Crippen LogP contribution in [-0.4, -0.2) is 11.8 Å². The number of carbonyl (C=O) groups excluding carboxylic acids is 2. The van der Waals surface area contributed by atoms with E-state index in [2.05, 4.69) is 10.8 Å². The zero-order valence-electron chi connectivity index (χ0n) is 12.8. The van der Waals surface area contributed by atoms with Gasteiger partial charge in [0.05, 0.1) is 6.61 Å². The number of rotatable bonds is 6. The summed E-state index contributed by atoms with van der Waals surface area (Å²) in [6.45, 7) is 1.59. The molecule has 0 fully saturated rings. The number of hydrogen-bond donors (Lipinski definition) is 2. The lowest BCUT2D eigenvalue weighted by Crippen LogP contribution is -2.33. The molecule has 0 unspecified atom stereocenters. The van der Waals surface area contributed by atoms with Crippen LogP contribution in [0.4, 0.5) is 0 Å². The van der Waals surface area contributed by atoms with Crippen molar-refractivity contribution in [3.05, 3.63) is 77.5 Å². The summed E-state index contributed by atoms with van der Waals surface area (Å²) in [5.41, 5.74) is 4.19. The topological polar surface area (TPSA) is 67.4 Å². The molecular weight excluding hydrogens is 292 g/mol. The van der Waals surface area contributed by atoms with Crippen molar-refractivity contribution >= 4 is 17.9 Å². The second-order valence-corrected chi connectivity index (χ2v) is 4.86. The summed E-state index contributed by atoms with van der Waals surface area (Å²) in [5, 5.41) is 2.51. The normalized spacial score (nSPS) is 10.9. The molecule has 5 heteroatoms. The van der Waals surface area contributed by atoms with Crippen LogP contribution < -0.4 is 10.8 Å². The van der Waals surface area contributed by atoms with Crippen molar-refractivity contribution in [3.8, 4) is 0 Å². The Hall–Kier alpha value is -2.92. The first-order valence-electron chi connectivity index (χ1n) is 7.15. The minimum absolute atomic E-state index is 0.122. The predicted octanol–water partition coefficient (Wildman–Crippen LogP) is 2.41. The van der Waals surface area contributed by atoms with Gasteiger partial charge < -0.3 is 5.32 Å². The molecule has 0 saturated carbocycles. The number of amides is 2. The Morgan fingerprint density at radius 1 is 1.00 bits per heavy atom. The maximum absolute atomic E-state index is 12.2. The van der Waals surface area contributed by atoms with Gasteiger partial charge in [0.1, 0.15) is 5.70 Å². The van der Waals surface area contributed by atoms with Gasteiger partial charge in [-0.3, -0.25) is 14.4 Å². The van der Waals surface area contributed by atoms with Crippen molar-refractivity contribution in [2.45, 2.75) is 13.5 Å². The van der Waals surface area contributed by atoms with E-state index in [0.717, 1.165) is 11.1 Å². The average molecular weight is 310 g/mol. The molecule has 0 heterocycles. The monoisotopic (exact) mass is 310 g/mol. The molecule has 0 aromatic heterocycles. The van der Waals surface area contributed by atoms with Crippen LogP contribution >= 0.6 is 0 Å². The van der Waals surface area contributed by atoms with Gasteiger partial charge >= 0.3 is 0 Å². The third-order valence-electron chi connectivity index (χ3n) is 2.91. The van der Waals surface area contributed by atoms with Gasteiger partial charge in [0.25, 0.3) is 5.91 Å². The van der Waals surface area contributed by atoms with Crippen LogP contribution in [0.2, 0.25) is 0 Å². The second-order valence-electron chi connectivity index (χ2n) is 4.86. The summed E-state index contributed by atoms with van der Waals surface area (Å²) in [5.74, 6) is -0.842. The molecular formula is C18H18N2O3. The van der Waals surface area contributed by atoms with Gasteiger partial charge in [0, 0.05) is 6.92 Å². The number of nitrogens with one attached hydrogen (secondary N) is 2. The van der Waals surface area contributed by atoms with Crippen LogP contribution in [0.15, 0.2) is 66.4 Å². The van der Waals surface area contributed by atoms with Gasteiger partial charge in [-0.1, -0.05) is 60.7 Å². The summed E-state index contributed by atoms with van der Waals surface area (Å²) in [6.07, 6.45) is 1.59. The largest absolute Gasteiger partial charge is 0.322 e. The van der Waals surface area contributed by atoms with Crippen LogP contribution in [-0.2, 0) is 21.0 Å². The van der Waals surface area contributed by atoms with Gasteiger partial charge in [-0.2, -0.15) is 0 Å². The lowest BCUT2D eigenvalue weighted by Gasteiger charge is -2.10. The minimum atomic E-state index is -0.514. The summed E-state index contributed by atoms with van der Waals surface area (Å²) < 4.78 is 0.